The van der Waals surface area contributed by atoms with Gasteiger partial charge >= 0.3 is 18.5 Å². The lowest BCUT2D eigenvalue weighted by Crippen LogP contribution is -2.42. The summed E-state index contributed by atoms with van der Waals surface area (Å²) < 4.78 is 124. The van der Waals surface area contributed by atoms with E-state index >= 15 is 0 Å². The first-order valence-corrected chi connectivity index (χ1v) is 13.5. The van der Waals surface area contributed by atoms with Crippen LogP contribution in [0.4, 0.5) is 51.0 Å². The van der Waals surface area contributed by atoms with Crippen molar-refractivity contribution < 1.29 is 54.5 Å². The van der Waals surface area contributed by atoms with Gasteiger partial charge in [0.05, 0.1) is 52.7 Å². The number of aliphatic hydroxyl groups is 2. The Labute approximate surface area is 251 Å². The predicted octanol–water partition coefficient (Wildman–Crippen LogP) is 6.68. The molecule has 2 N–H and O–H groups in total. The normalized spacial score (nSPS) is 18.0. The minimum atomic E-state index is -5.18. The first-order valence-electron chi connectivity index (χ1n) is 13.5. The second-order valence-electron chi connectivity index (χ2n) is 11.2. The molecule has 45 heavy (non-hydrogen) atoms. The smallest absolute Gasteiger partial charge is 0.394 e. The van der Waals surface area contributed by atoms with Gasteiger partial charge in [0.2, 0.25) is 5.91 Å². The molecule has 2 heterocycles. The van der Waals surface area contributed by atoms with E-state index in [2.05, 4.69) is 4.98 Å². The van der Waals surface area contributed by atoms with Crippen molar-refractivity contribution in [2.24, 2.45) is 0 Å². The van der Waals surface area contributed by atoms with Crippen LogP contribution in [0.1, 0.15) is 42.5 Å². The Kier molecular flexibility index (Phi) is 8.94. The van der Waals surface area contributed by atoms with E-state index in [-0.39, 0.29) is 41.7 Å². The van der Waals surface area contributed by atoms with Crippen LogP contribution in [0.15, 0.2) is 54.7 Å². The third-order valence-electron chi connectivity index (χ3n) is 7.89. The van der Waals surface area contributed by atoms with Gasteiger partial charge in [-0.3, -0.25) is 4.79 Å². The fourth-order valence-corrected chi connectivity index (χ4v) is 5.35. The minimum absolute atomic E-state index is 0.0640. The van der Waals surface area contributed by atoms with Gasteiger partial charge in [0.1, 0.15) is 5.82 Å². The van der Waals surface area contributed by atoms with Crippen LogP contribution in [0.5, 0.6) is 0 Å². The summed E-state index contributed by atoms with van der Waals surface area (Å²) in [5.41, 5.74) is -7.82. The molecular weight excluding hydrogens is 621 g/mol. The molecule has 1 aliphatic rings. The van der Waals surface area contributed by atoms with Gasteiger partial charge in [-0.05, 0) is 61.7 Å². The summed E-state index contributed by atoms with van der Waals surface area (Å²) in [6.07, 6.45) is -14.9. The molecule has 0 aliphatic carbocycles. The van der Waals surface area contributed by atoms with Crippen molar-refractivity contribution in [1.82, 2.24) is 4.98 Å². The van der Waals surface area contributed by atoms with E-state index in [9.17, 15) is 54.5 Å². The van der Waals surface area contributed by atoms with Crippen LogP contribution in [0.2, 0.25) is 0 Å². The van der Waals surface area contributed by atoms with Crippen molar-refractivity contribution in [2.45, 2.75) is 56.4 Å². The maximum Gasteiger partial charge on any atom is 0.417 e. The number of nitrogens with zero attached hydrogens (tertiary/aromatic N) is 3. The minimum Gasteiger partial charge on any atom is -0.394 e. The van der Waals surface area contributed by atoms with Crippen LogP contribution in [-0.4, -0.2) is 53.4 Å². The Bertz CT molecular complexity index is 1540. The van der Waals surface area contributed by atoms with E-state index in [0.717, 1.165) is 50.2 Å². The maximum atomic E-state index is 14.1. The van der Waals surface area contributed by atoms with Crippen molar-refractivity contribution in [3.05, 3.63) is 77.0 Å². The number of carbonyl (C=O) groups excluding carboxylic acids is 1. The Morgan fingerprint density at radius 2 is 1.44 bits per heavy atom. The van der Waals surface area contributed by atoms with E-state index in [1.165, 1.54) is 17.0 Å². The second-order valence-corrected chi connectivity index (χ2v) is 11.2. The Morgan fingerprint density at radius 1 is 0.889 bits per heavy atom. The van der Waals surface area contributed by atoms with Crippen molar-refractivity contribution in [1.29, 1.82) is 0 Å². The molecule has 1 aliphatic heterocycles. The molecule has 0 saturated carbocycles. The number of halogens is 9. The summed E-state index contributed by atoms with van der Waals surface area (Å²) in [7, 11) is 1.12. The molecule has 3 aromatic rings. The number of amides is 1. The molecule has 2 aromatic carbocycles. The van der Waals surface area contributed by atoms with Crippen LogP contribution in [0, 0.1) is 0 Å². The van der Waals surface area contributed by atoms with Gasteiger partial charge in [-0.15, -0.1) is 0 Å². The monoisotopic (exact) mass is 649 g/mol. The molecule has 1 fully saturated rings. The fraction of sp³-hybridized carbons (Fsp3) is 0.400. The zero-order valence-corrected chi connectivity index (χ0v) is 24.0. The van der Waals surface area contributed by atoms with Gasteiger partial charge in [-0.1, -0.05) is 18.2 Å². The number of aromatic nitrogens is 1. The van der Waals surface area contributed by atoms with Crippen LogP contribution >= 0.6 is 0 Å². The topological polar surface area (TPSA) is 76.9 Å². The average Bonchev–Trinajstić information content (AvgIpc) is 3.34. The number of aliphatic hydroxyl groups excluding tert-OH is 2. The summed E-state index contributed by atoms with van der Waals surface area (Å²) in [5.74, 6) is -0.978. The van der Waals surface area contributed by atoms with E-state index < -0.39 is 70.9 Å². The molecule has 0 spiro atoms. The first kappa shape index (κ1) is 34.0. The molecule has 2 atom stereocenters. The molecule has 15 heteroatoms. The molecule has 1 aromatic heterocycles. The third kappa shape index (κ3) is 6.73. The van der Waals surface area contributed by atoms with Gasteiger partial charge in [0.15, 0.2) is 0 Å². The van der Waals surface area contributed by atoms with Crippen molar-refractivity contribution in [2.75, 3.05) is 30.0 Å². The van der Waals surface area contributed by atoms with Gasteiger partial charge in [-0.25, -0.2) is 4.98 Å². The lowest BCUT2D eigenvalue weighted by Gasteiger charge is -2.33. The van der Waals surface area contributed by atoms with Gasteiger partial charge < -0.3 is 20.0 Å². The van der Waals surface area contributed by atoms with E-state index in [1.807, 2.05) is 0 Å². The molecule has 0 bridgehead atoms. The number of pyridine rings is 1. The number of hydrogen-bond acceptors (Lipinski definition) is 5. The molecule has 6 nitrogen and oxygen atoms in total. The Morgan fingerprint density at radius 3 is 1.98 bits per heavy atom. The number of carbonyl (C=O) groups is 1. The lowest BCUT2D eigenvalue weighted by molar-refractivity contribution is -0.143. The summed E-state index contributed by atoms with van der Waals surface area (Å²) in [6, 6.07) is 5.60. The maximum absolute atomic E-state index is 14.1. The van der Waals surface area contributed by atoms with E-state index in [0.29, 0.717) is 12.1 Å². The highest BCUT2D eigenvalue weighted by atomic mass is 19.4. The number of alkyl halides is 9. The third-order valence-corrected chi connectivity index (χ3v) is 7.89. The molecule has 0 unspecified atom stereocenters. The molecule has 4 rings (SSSR count). The van der Waals surface area contributed by atoms with Crippen LogP contribution in [-0.2, 0) is 28.7 Å². The zero-order valence-electron chi connectivity index (χ0n) is 24.0. The summed E-state index contributed by atoms with van der Waals surface area (Å²) in [5, 5.41) is 20.0. The predicted molar refractivity (Wildman–Crippen MR) is 146 cm³/mol. The average molecular weight is 650 g/mol. The number of benzene rings is 2. The standard InChI is InChI=1S/C30H28F9N3O3/c1-27(2,16-10-17(28(31,32)33)12-18(11-16)29(34,35)36)26(45)41(3)22-14-40-25(42-9-8-24(44)23(42)15-43)13-20(22)19-6-4-5-7-21(19)30(37,38)39/h4-7,10-14,23-24,43-44H,8-9,15H2,1-3H3/t23-,24-/m0/s1. The number of anilines is 2. The van der Waals surface area contributed by atoms with Crippen LogP contribution in [0.25, 0.3) is 11.1 Å². The van der Waals surface area contributed by atoms with Gasteiger partial charge in [0, 0.05) is 19.2 Å². The number of hydrogen-bond donors (Lipinski definition) is 2. The van der Waals surface area contributed by atoms with Gasteiger partial charge in [-0.2, -0.15) is 39.5 Å². The number of rotatable bonds is 6. The van der Waals surface area contributed by atoms with Crippen molar-refractivity contribution in [3.63, 3.8) is 0 Å². The SMILES string of the molecule is CN(C(=O)C(C)(C)c1cc(C(F)(F)F)cc(C(F)(F)F)c1)c1cnc(N2CC[C@H](O)[C@@H]2CO)cc1-c1ccccc1C(F)(F)F. The van der Waals surface area contributed by atoms with E-state index in [1.54, 1.807) is 0 Å². The second kappa shape index (κ2) is 11.8. The summed E-state index contributed by atoms with van der Waals surface area (Å²) in [6.45, 7) is 1.90. The highest BCUT2D eigenvalue weighted by molar-refractivity contribution is 6.03. The molecule has 0 radical (unpaired) electrons. The summed E-state index contributed by atoms with van der Waals surface area (Å²) in [4.78, 5) is 20.4. The van der Waals surface area contributed by atoms with Gasteiger partial charge in [0.25, 0.3) is 0 Å². The molecule has 1 saturated heterocycles. The largest absolute Gasteiger partial charge is 0.417 e. The number of likely N-dealkylation sites (N-methyl/N-ethyl adjacent to an activating group) is 1. The molecular formula is C30H28F9N3O3. The quantitative estimate of drug-likeness (QED) is 0.292. The van der Waals surface area contributed by atoms with Crippen molar-refractivity contribution in [3.8, 4) is 11.1 Å². The highest BCUT2D eigenvalue weighted by Gasteiger charge is 2.42. The van der Waals surface area contributed by atoms with Crippen LogP contribution in [0.3, 0.4) is 0 Å². The summed E-state index contributed by atoms with van der Waals surface area (Å²) >= 11 is 0. The highest BCUT2D eigenvalue weighted by Crippen LogP contribution is 2.44. The first-order chi connectivity index (χ1) is 20.7. The van der Waals surface area contributed by atoms with E-state index in [4.69, 9.17) is 0 Å². The fourth-order valence-electron chi connectivity index (χ4n) is 5.35. The molecule has 244 valence electrons. The molecule has 1 amide bonds. The van der Waals surface area contributed by atoms with Crippen LogP contribution < -0.4 is 9.80 Å². The Hall–Kier alpha value is -3.85. The lowest BCUT2D eigenvalue weighted by atomic mass is 9.81. The van der Waals surface area contributed by atoms with Crippen molar-refractivity contribution >= 4 is 17.4 Å². The Balaban J connectivity index is 1.88. The zero-order chi connectivity index (χ0) is 33.7.